The van der Waals surface area contributed by atoms with E-state index in [2.05, 4.69) is 6.58 Å². The van der Waals surface area contributed by atoms with Crippen LogP contribution in [0.25, 0.3) is 10.9 Å². The summed E-state index contributed by atoms with van der Waals surface area (Å²) in [6.45, 7) is 6.42. The van der Waals surface area contributed by atoms with E-state index in [-0.39, 0.29) is 0 Å². The standard InChI is InChI=1S/C13H13NO2/c1-9(2)8-14-7-6-10-4-3-5-11(12(10)14)13(15)16/h3-7H,1,8H2,2H3,(H,15,16). The molecular formula is C13H13NO2. The van der Waals surface area contributed by atoms with Crippen LogP contribution in [0.15, 0.2) is 42.6 Å². The second-order valence-electron chi connectivity index (χ2n) is 3.95. The molecule has 0 atom stereocenters. The lowest BCUT2D eigenvalue weighted by atomic mass is 10.1. The van der Waals surface area contributed by atoms with E-state index < -0.39 is 5.97 Å². The van der Waals surface area contributed by atoms with Crippen LogP contribution >= 0.6 is 0 Å². The Bertz CT molecular complexity index is 566. The van der Waals surface area contributed by atoms with Gasteiger partial charge in [-0.25, -0.2) is 4.79 Å². The molecule has 1 heterocycles. The van der Waals surface area contributed by atoms with Crippen LogP contribution in [0.1, 0.15) is 17.3 Å². The summed E-state index contributed by atoms with van der Waals surface area (Å²) >= 11 is 0. The SMILES string of the molecule is C=C(C)Cn1ccc2cccc(C(=O)O)c21. The molecule has 1 N–H and O–H groups in total. The molecule has 0 aliphatic heterocycles. The molecule has 1 aromatic carbocycles. The Hall–Kier alpha value is -2.03. The summed E-state index contributed by atoms with van der Waals surface area (Å²) in [5, 5.41) is 10.1. The van der Waals surface area contributed by atoms with Gasteiger partial charge in [0.1, 0.15) is 0 Å². The van der Waals surface area contributed by atoms with Gasteiger partial charge in [-0.3, -0.25) is 0 Å². The number of rotatable bonds is 3. The number of para-hydroxylation sites is 1. The Morgan fingerprint density at radius 1 is 1.44 bits per heavy atom. The first-order valence-electron chi connectivity index (χ1n) is 5.05. The predicted octanol–water partition coefficient (Wildman–Crippen LogP) is 2.92. The van der Waals surface area contributed by atoms with Crippen LogP contribution in [0.4, 0.5) is 0 Å². The summed E-state index contributed by atoms with van der Waals surface area (Å²) in [5.74, 6) is -0.896. The fourth-order valence-corrected chi connectivity index (χ4v) is 1.86. The number of aromatic carboxylic acids is 1. The van der Waals surface area contributed by atoms with Crippen LogP contribution in [-0.4, -0.2) is 15.6 Å². The van der Waals surface area contributed by atoms with Crippen LogP contribution in [0, 0.1) is 0 Å². The van der Waals surface area contributed by atoms with Crippen LogP contribution in [0.3, 0.4) is 0 Å². The van der Waals surface area contributed by atoms with Crippen molar-refractivity contribution in [1.82, 2.24) is 4.57 Å². The Morgan fingerprint density at radius 2 is 2.19 bits per heavy atom. The average molecular weight is 215 g/mol. The molecule has 0 saturated carbocycles. The molecule has 0 saturated heterocycles. The molecule has 3 heteroatoms. The summed E-state index contributed by atoms with van der Waals surface area (Å²) < 4.78 is 1.92. The number of hydrogen-bond donors (Lipinski definition) is 1. The maximum Gasteiger partial charge on any atom is 0.337 e. The molecule has 0 aliphatic rings. The third-order valence-corrected chi connectivity index (χ3v) is 2.46. The van der Waals surface area contributed by atoms with Crippen molar-refractivity contribution in [3.63, 3.8) is 0 Å². The molecule has 1 aromatic heterocycles. The average Bonchev–Trinajstić information content (AvgIpc) is 2.60. The monoisotopic (exact) mass is 215 g/mol. The van der Waals surface area contributed by atoms with Crippen molar-refractivity contribution in [3.8, 4) is 0 Å². The quantitative estimate of drug-likeness (QED) is 0.800. The number of carboxylic acids is 1. The summed E-state index contributed by atoms with van der Waals surface area (Å²) in [5.41, 5.74) is 2.10. The van der Waals surface area contributed by atoms with Gasteiger partial charge in [0.05, 0.1) is 11.1 Å². The lowest BCUT2D eigenvalue weighted by Crippen LogP contribution is -2.03. The Balaban J connectivity index is 2.67. The minimum absolute atomic E-state index is 0.337. The molecule has 16 heavy (non-hydrogen) atoms. The Labute approximate surface area is 93.6 Å². The van der Waals surface area contributed by atoms with Crippen LogP contribution in [0.5, 0.6) is 0 Å². The van der Waals surface area contributed by atoms with Crippen molar-refractivity contribution in [3.05, 3.63) is 48.2 Å². The van der Waals surface area contributed by atoms with Crippen molar-refractivity contribution in [2.75, 3.05) is 0 Å². The smallest absolute Gasteiger partial charge is 0.337 e. The van der Waals surface area contributed by atoms with Gasteiger partial charge >= 0.3 is 5.97 Å². The van der Waals surface area contributed by atoms with E-state index in [0.717, 1.165) is 16.5 Å². The number of hydrogen-bond acceptors (Lipinski definition) is 1. The highest BCUT2D eigenvalue weighted by molar-refractivity contribution is 6.02. The number of benzene rings is 1. The summed E-state index contributed by atoms with van der Waals surface area (Å²) in [4.78, 5) is 11.1. The van der Waals surface area contributed by atoms with Gasteiger partial charge in [-0.1, -0.05) is 24.3 Å². The Morgan fingerprint density at radius 3 is 2.81 bits per heavy atom. The summed E-state index contributed by atoms with van der Waals surface area (Å²) in [6, 6.07) is 7.22. The molecule has 0 unspecified atom stereocenters. The maximum absolute atomic E-state index is 11.1. The molecule has 2 rings (SSSR count). The topological polar surface area (TPSA) is 42.2 Å². The van der Waals surface area contributed by atoms with Crippen molar-refractivity contribution < 1.29 is 9.90 Å². The minimum Gasteiger partial charge on any atom is -0.478 e. The van der Waals surface area contributed by atoms with Crippen molar-refractivity contribution in [1.29, 1.82) is 0 Å². The molecule has 0 spiro atoms. The molecular weight excluding hydrogens is 202 g/mol. The zero-order valence-electron chi connectivity index (χ0n) is 9.10. The third kappa shape index (κ3) is 1.72. The Kier molecular flexibility index (Phi) is 2.52. The van der Waals surface area contributed by atoms with Crippen molar-refractivity contribution >= 4 is 16.9 Å². The van der Waals surface area contributed by atoms with Gasteiger partial charge in [0, 0.05) is 18.1 Å². The zero-order valence-corrected chi connectivity index (χ0v) is 9.10. The molecule has 0 bridgehead atoms. The fraction of sp³-hybridized carbons (Fsp3) is 0.154. The van der Waals surface area contributed by atoms with Crippen molar-refractivity contribution in [2.24, 2.45) is 0 Å². The molecule has 0 radical (unpaired) electrons. The van der Waals surface area contributed by atoms with E-state index in [1.165, 1.54) is 0 Å². The molecule has 82 valence electrons. The molecule has 3 nitrogen and oxygen atoms in total. The first-order valence-corrected chi connectivity index (χ1v) is 5.05. The van der Waals surface area contributed by atoms with Gasteiger partial charge < -0.3 is 9.67 Å². The molecule has 0 amide bonds. The number of allylic oxidation sites excluding steroid dienone is 1. The number of carbonyl (C=O) groups is 1. The van der Waals surface area contributed by atoms with Crippen LogP contribution in [-0.2, 0) is 6.54 Å². The first kappa shape index (κ1) is 10.5. The number of fused-ring (bicyclic) bond motifs is 1. The highest BCUT2D eigenvalue weighted by atomic mass is 16.4. The van der Waals surface area contributed by atoms with Gasteiger partial charge in [-0.05, 0) is 19.1 Å². The lowest BCUT2D eigenvalue weighted by Gasteiger charge is -2.07. The fourth-order valence-electron chi connectivity index (χ4n) is 1.86. The van der Waals surface area contributed by atoms with Gasteiger partial charge in [0.15, 0.2) is 0 Å². The second kappa shape index (κ2) is 3.85. The maximum atomic E-state index is 11.1. The second-order valence-corrected chi connectivity index (χ2v) is 3.95. The zero-order chi connectivity index (χ0) is 11.7. The predicted molar refractivity (Wildman–Crippen MR) is 63.7 cm³/mol. The van der Waals surface area contributed by atoms with E-state index in [1.807, 2.05) is 29.8 Å². The lowest BCUT2D eigenvalue weighted by molar-refractivity contribution is 0.0698. The first-order chi connectivity index (χ1) is 7.59. The molecule has 0 aliphatic carbocycles. The minimum atomic E-state index is -0.896. The number of aromatic nitrogens is 1. The van der Waals surface area contributed by atoms with Crippen molar-refractivity contribution in [2.45, 2.75) is 13.5 Å². The largest absolute Gasteiger partial charge is 0.478 e. The highest BCUT2D eigenvalue weighted by Gasteiger charge is 2.11. The van der Waals surface area contributed by atoms with E-state index >= 15 is 0 Å². The molecule has 2 aromatic rings. The van der Waals surface area contributed by atoms with E-state index in [4.69, 9.17) is 5.11 Å². The van der Waals surface area contributed by atoms with Crippen LogP contribution < -0.4 is 0 Å². The number of nitrogens with zero attached hydrogens (tertiary/aromatic N) is 1. The van der Waals surface area contributed by atoms with Gasteiger partial charge in [0.25, 0.3) is 0 Å². The summed E-state index contributed by atoms with van der Waals surface area (Å²) in [7, 11) is 0. The van der Waals surface area contributed by atoms with Crippen LogP contribution in [0.2, 0.25) is 0 Å². The van der Waals surface area contributed by atoms with E-state index in [0.29, 0.717) is 12.1 Å². The van der Waals surface area contributed by atoms with Gasteiger partial charge in [-0.15, -0.1) is 0 Å². The highest BCUT2D eigenvalue weighted by Crippen LogP contribution is 2.21. The van der Waals surface area contributed by atoms with Gasteiger partial charge in [-0.2, -0.15) is 0 Å². The third-order valence-electron chi connectivity index (χ3n) is 2.46. The number of carboxylic acid groups (broad SMARTS) is 1. The van der Waals surface area contributed by atoms with E-state index in [1.54, 1.807) is 12.1 Å². The summed E-state index contributed by atoms with van der Waals surface area (Å²) in [6.07, 6.45) is 1.89. The van der Waals surface area contributed by atoms with E-state index in [9.17, 15) is 4.79 Å². The normalized spacial score (nSPS) is 10.6. The van der Waals surface area contributed by atoms with Gasteiger partial charge in [0.2, 0.25) is 0 Å². The molecule has 0 fully saturated rings.